The molecule has 132 valence electrons. The summed E-state index contributed by atoms with van der Waals surface area (Å²) in [5.41, 5.74) is 4.91. The maximum atomic E-state index is 12.2. The number of H-pyrrole nitrogens is 1. The first-order chi connectivity index (χ1) is 12.4. The van der Waals surface area contributed by atoms with Gasteiger partial charge in [0.15, 0.2) is 0 Å². The minimum absolute atomic E-state index is 0.190. The van der Waals surface area contributed by atoms with E-state index in [1.807, 2.05) is 69.3 Å². The molecule has 0 saturated carbocycles. The van der Waals surface area contributed by atoms with Crippen LogP contribution in [0.3, 0.4) is 0 Å². The van der Waals surface area contributed by atoms with Crippen molar-refractivity contribution < 1.29 is 4.79 Å². The van der Waals surface area contributed by atoms with Crippen LogP contribution >= 0.6 is 11.3 Å². The summed E-state index contributed by atoms with van der Waals surface area (Å²) in [5.74, 6) is -0.273. The number of thiazole rings is 1. The van der Waals surface area contributed by atoms with Gasteiger partial charge in [-0.05, 0) is 50.1 Å². The second kappa shape index (κ2) is 7.54. The van der Waals surface area contributed by atoms with Crippen LogP contribution in [-0.2, 0) is 4.79 Å². The SMILES string of the molecule is Cc1ccc(NC(=O)/C=c2/[nH]c(=O)/c(=C/c3cc(C)ccc3C)s2)cc1. The molecule has 3 aromatic rings. The maximum absolute atomic E-state index is 12.2. The van der Waals surface area contributed by atoms with E-state index in [1.165, 1.54) is 17.4 Å². The summed E-state index contributed by atoms with van der Waals surface area (Å²) >= 11 is 1.27. The standard InChI is InChI=1S/C21H20N2O2S/c1-13-5-8-17(9-6-13)22-19(24)12-20-23-21(25)18(26-20)11-16-10-14(2)4-7-15(16)3/h4-12H,1-3H3,(H,22,24)(H,23,25)/b18-11-,20-12-. The predicted molar refractivity (Wildman–Crippen MR) is 108 cm³/mol. The summed E-state index contributed by atoms with van der Waals surface area (Å²) < 4.78 is 1.10. The molecule has 2 N–H and O–H groups in total. The van der Waals surface area contributed by atoms with Gasteiger partial charge in [0.1, 0.15) is 4.66 Å². The van der Waals surface area contributed by atoms with Gasteiger partial charge in [0, 0.05) is 11.8 Å². The largest absolute Gasteiger partial charge is 0.322 e. The van der Waals surface area contributed by atoms with Crippen LogP contribution < -0.4 is 20.1 Å². The first-order valence-electron chi connectivity index (χ1n) is 8.28. The molecule has 1 aromatic heterocycles. The lowest BCUT2D eigenvalue weighted by molar-refractivity contribution is -0.110. The average molecular weight is 364 g/mol. The van der Waals surface area contributed by atoms with E-state index in [9.17, 15) is 9.59 Å². The number of hydrogen-bond acceptors (Lipinski definition) is 3. The molecule has 0 unspecified atom stereocenters. The van der Waals surface area contributed by atoms with E-state index in [4.69, 9.17) is 0 Å². The van der Waals surface area contributed by atoms with E-state index in [2.05, 4.69) is 10.3 Å². The second-order valence-corrected chi connectivity index (χ2v) is 7.37. The molecule has 1 heterocycles. The average Bonchev–Trinajstić information content (AvgIpc) is 2.92. The number of hydrogen-bond donors (Lipinski definition) is 2. The Morgan fingerprint density at radius 3 is 2.46 bits per heavy atom. The van der Waals surface area contributed by atoms with Crippen molar-refractivity contribution in [3.05, 3.63) is 84.3 Å². The zero-order chi connectivity index (χ0) is 18.7. The highest BCUT2D eigenvalue weighted by Gasteiger charge is 2.02. The zero-order valence-electron chi connectivity index (χ0n) is 14.9. The Kier molecular flexibility index (Phi) is 5.19. The molecule has 1 amide bonds. The summed E-state index contributed by atoms with van der Waals surface area (Å²) in [6.45, 7) is 6.02. The number of carbonyl (C=O) groups is 1. The lowest BCUT2D eigenvalue weighted by Gasteiger charge is -2.01. The fourth-order valence-corrected chi connectivity index (χ4v) is 3.39. The van der Waals surface area contributed by atoms with Crippen LogP contribution in [0.1, 0.15) is 22.3 Å². The molecule has 0 aliphatic rings. The number of anilines is 1. The van der Waals surface area contributed by atoms with Gasteiger partial charge in [0.05, 0.1) is 4.53 Å². The molecule has 0 aliphatic heterocycles. The Bertz CT molecular complexity index is 1120. The molecule has 0 fully saturated rings. The minimum atomic E-state index is -0.273. The highest BCUT2D eigenvalue weighted by molar-refractivity contribution is 7.07. The smallest absolute Gasteiger partial charge is 0.266 e. The number of carbonyl (C=O) groups excluding carboxylic acids is 1. The van der Waals surface area contributed by atoms with Gasteiger partial charge >= 0.3 is 0 Å². The van der Waals surface area contributed by atoms with Gasteiger partial charge in [-0.1, -0.05) is 41.5 Å². The first kappa shape index (κ1) is 17.9. The summed E-state index contributed by atoms with van der Waals surface area (Å²) in [6.07, 6.45) is 3.27. The number of nitrogens with one attached hydrogen (secondary N) is 2. The van der Waals surface area contributed by atoms with E-state index in [0.29, 0.717) is 9.20 Å². The Morgan fingerprint density at radius 1 is 1.04 bits per heavy atom. The van der Waals surface area contributed by atoms with E-state index < -0.39 is 0 Å². The van der Waals surface area contributed by atoms with Crippen molar-refractivity contribution in [3.63, 3.8) is 0 Å². The summed E-state index contributed by atoms with van der Waals surface area (Å²) in [5, 5.41) is 2.79. The van der Waals surface area contributed by atoms with E-state index in [0.717, 1.165) is 27.9 Å². The molecule has 2 aromatic carbocycles. The molecule has 0 radical (unpaired) electrons. The number of aryl methyl sites for hydroxylation is 3. The third-order valence-corrected chi connectivity index (χ3v) is 4.95. The quantitative estimate of drug-likeness (QED) is 0.750. The van der Waals surface area contributed by atoms with Gasteiger partial charge in [-0.25, -0.2) is 0 Å². The van der Waals surface area contributed by atoms with Crippen molar-refractivity contribution in [3.8, 4) is 0 Å². The maximum Gasteiger partial charge on any atom is 0.266 e. The lowest BCUT2D eigenvalue weighted by atomic mass is 10.1. The molecule has 0 spiro atoms. The summed E-state index contributed by atoms with van der Waals surface area (Å²) in [7, 11) is 0. The van der Waals surface area contributed by atoms with Crippen molar-refractivity contribution in [2.45, 2.75) is 20.8 Å². The molecular formula is C21H20N2O2S. The van der Waals surface area contributed by atoms with Crippen LogP contribution in [0.25, 0.3) is 12.2 Å². The fourth-order valence-electron chi connectivity index (χ4n) is 2.52. The van der Waals surface area contributed by atoms with Crippen molar-refractivity contribution in [2.24, 2.45) is 0 Å². The van der Waals surface area contributed by atoms with Crippen LogP contribution in [-0.4, -0.2) is 10.9 Å². The molecule has 0 aliphatic carbocycles. The summed E-state index contributed by atoms with van der Waals surface area (Å²) in [4.78, 5) is 27.1. The molecule has 26 heavy (non-hydrogen) atoms. The Morgan fingerprint density at radius 2 is 1.73 bits per heavy atom. The van der Waals surface area contributed by atoms with Gasteiger partial charge in [-0.15, -0.1) is 11.3 Å². The normalized spacial score (nSPS) is 12.4. The Hall–Kier alpha value is -2.92. The number of amides is 1. The Balaban J connectivity index is 1.89. The second-order valence-electron chi connectivity index (χ2n) is 6.29. The summed E-state index contributed by atoms with van der Waals surface area (Å²) in [6, 6.07) is 13.7. The van der Waals surface area contributed by atoms with E-state index in [-0.39, 0.29) is 11.5 Å². The number of aromatic nitrogens is 1. The van der Waals surface area contributed by atoms with Gasteiger partial charge in [0.25, 0.3) is 11.5 Å². The molecule has 0 atom stereocenters. The van der Waals surface area contributed by atoms with Crippen molar-refractivity contribution in [2.75, 3.05) is 5.32 Å². The molecule has 3 rings (SSSR count). The predicted octanol–water partition coefficient (Wildman–Crippen LogP) is 2.61. The molecular weight excluding hydrogens is 344 g/mol. The fraction of sp³-hybridized carbons (Fsp3) is 0.143. The number of benzene rings is 2. The monoisotopic (exact) mass is 364 g/mol. The van der Waals surface area contributed by atoms with Gasteiger partial charge in [-0.2, -0.15) is 0 Å². The number of rotatable bonds is 3. The van der Waals surface area contributed by atoms with E-state index in [1.54, 1.807) is 0 Å². The van der Waals surface area contributed by atoms with Crippen LogP contribution in [0.2, 0.25) is 0 Å². The lowest BCUT2D eigenvalue weighted by Crippen LogP contribution is -2.20. The highest BCUT2D eigenvalue weighted by atomic mass is 32.1. The van der Waals surface area contributed by atoms with E-state index >= 15 is 0 Å². The van der Waals surface area contributed by atoms with Crippen LogP contribution in [0.15, 0.2) is 47.3 Å². The van der Waals surface area contributed by atoms with Crippen molar-refractivity contribution >= 4 is 35.1 Å². The van der Waals surface area contributed by atoms with Crippen LogP contribution in [0.5, 0.6) is 0 Å². The van der Waals surface area contributed by atoms with Crippen molar-refractivity contribution in [1.29, 1.82) is 0 Å². The highest BCUT2D eigenvalue weighted by Crippen LogP contribution is 2.11. The molecule has 0 saturated heterocycles. The Labute approximate surface area is 155 Å². The van der Waals surface area contributed by atoms with Crippen LogP contribution in [0, 0.1) is 20.8 Å². The zero-order valence-corrected chi connectivity index (χ0v) is 15.7. The molecule has 0 bridgehead atoms. The van der Waals surface area contributed by atoms with Crippen molar-refractivity contribution in [1.82, 2.24) is 4.98 Å². The number of aromatic amines is 1. The van der Waals surface area contributed by atoms with Gasteiger partial charge < -0.3 is 10.3 Å². The molecule has 5 heteroatoms. The third kappa shape index (κ3) is 4.37. The first-order valence-corrected chi connectivity index (χ1v) is 9.10. The topological polar surface area (TPSA) is 62.0 Å². The van der Waals surface area contributed by atoms with Crippen LogP contribution in [0.4, 0.5) is 5.69 Å². The molecule has 4 nitrogen and oxygen atoms in total. The van der Waals surface area contributed by atoms with Gasteiger partial charge in [-0.3, -0.25) is 9.59 Å². The third-order valence-electron chi connectivity index (χ3n) is 3.98. The minimum Gasteiger partial charge on any atom is -0.322 e. The van der Waals surface area contributed by atoms with Gasteiger partial charge in [0.2, 0.25) is 0 Å².